The summed E-state index contributed by atoms with van der Waals surface area (Å²) < 4.78 is 0.296. The maximum Gasteiger partial charge on any atom is 0.354 e. The van der Waals surface area contributed by atoms with Crippen LogP contribution < -0.4 is 5.32 Å². The first kappa shape index (κ1) is 17.6. The van der Waals surface area contributed by atoms with Crippen LogP contribution in [0.15, 0.2) is 9.93 Å². The number of aliphatic hydroxyl groups is 1. The van der Waals surface area contributed by atoms with Crippen LogP contribution in [0.3, 0.4) is 0 Å². The summed E-state index contributed by atoms with van der Waals surface area (Å²) in [5.41, 5.74) is -0.196. The van der Waals surface area contributed by atoms with Crippen molar-refractivity contribution in [2.24, 2.45) is 5.92 Å². The predicted octanol–water partition coefficient (Wildman–Crippen LogP) is -0.914. The number of carbonyl (C=O) groups is 4. The number of fused-ring (bicyclic) bond motifs is 1. The smallest absolute Gasteiger partial charge is 0.354 e. The van der Waals surface area contributed by atoms with E-state index in [-0.39, 0.29) is 11.4 Å². The van der Waals surface area contributed by atoms with Gasteiger partial charge in [0.15, 0.2) is 5.70 Å². The first-order valence-corrected chi connectivity index (χ1v) is 8.37. The second kappa shape index (κ2) is 6.81. The molecule has 0 aromatic rings. The van der Waals surface area contributed by atoms with Crippen molar-refractivity contribution in [3.63, 3.8) is 0 Å². The molecule has 0 bridgehead atoms. The normalized spacial score (nSPS) is 24.1. The third-order valence-electron chi connectivity index (χ3n) is 3.24. The lowest BCUT2D eigenvalue weighted by molar-refractivity contribution is -0.156. The molecule has 1 saturated heterocycles. The van der Waals surface area contributed by atoms with E-state index in [1.54, 1.807) is 0 Å². The average Bonchev–Trinajstić information content (AvgIpc) is 2.76. The Bertz CT molecular complexity index is 604. The second-order valence-electron chi connectivity index (χ2n) is 4.88. The molecule has 0 aliphatic carbocycles. The molecule has 2 heterocycles. The highest BCUT2D eigenvalue weighted by molar-refractivity contribution is 8.23. The number of hydrogen-bond acceptors (Lipinski definition) is 7. The van der Waals surface area contributed by atoms with E-state index >= 15 is 0 Å². The van der Waals surface area contributed by atoms with E-state index in [0.717, 1.165) is 28.4 Å². The molecule has 9 nitrogen and oxygen atoms in total. The van der Waals surface area contributed by atoms with E-state index in [1.807, 2.05) is 0 Å². The van der Waals surface area contributed by atoms with Gasteiger partial charge in [-0.3, -0.25) is 19.3 Å². The van der Waals surface area contributed by atoms with Crippen LogP contribution in [-0.4, -0.2) is 67.7 Å². The van der Waals surface area contributed by atoms with Gasteiger partial charge in [-0.1, -0.05) is 11.8 Å². The molecule has 2 rings (SSSR count). The number of aliphatic carboxylic acids is 2. The molecule has 23 heavy (non-hydrogen) atoms. The van der Waals surface area contributed by atoms with E-state index in [1.165, 1.54) is 6.92 Å². The number of β-lactam (4-membered cyclic amide) rings is 1. The van der Waals surface area contributed by atoms with Crippen molar-refractivity contribution >= 4 is 47.3 Å². The standard InChI is InChI=1S/C12H14N2O7S2/c1-4(15)7-9(19)14-8(11(20)21)12(23-10(7)14)22-3-5(16)13-2-6(17)18/h4,7,10,15H,2-3H2,1H3,(H,13,16)(H,17,18)(H,20,21)/t4?,7?,10-/m1/s1. The Morgan fingerprint density at radius 3 is 2.57 bits per heavy atom. The molecular weight excluding hydrogens is 348 g/mol. The maximum atomic E-state index is 12.0. The number of nitrogens with zero attached hydrogens (tertiary/aromatic N) is 1. The van der Waals surface area contributed by atoms with Gasteiger partial charge in [-0.2, -0.15) is 0 Å². The Hall–Kier alpha value is -1.72. The van der Waals surface area contributed by atoms with Gasteiger partial charge in [-0.25, -0.2) is 4.79 Å². The topological polar surface area (TPSA) is 144 Å². The number of carboxylic acids is 2. The number of thioether (sulfide) groups is 2. The molecule has 4 N–H and O–H groups in total. The van der Waals surface area contributed by atoms with Gasteiger partial charge in [-0.15, -0.1) is 11.8 Å². The van der Waals surface area contributed by atoms with Gasteiger partial charge in [0.25, 0.3) is 0 Å². The number of rotatable bonds is 7. The van der Waals surface area contributed by atoms with E-state index in [4.69, 9.17) is 5.11 Å². The molecule has 126 valence electrons. The van der Waals surface area contributed by atoms with E-state index in [2.05, 4.69) is 5.32 Å². The maximum absolute atomic E-state index is 12.0. The van der Waals surface area contributed by atoms with E-state index in [9.17, 15) is 29.4 Å². The highest BCUT2D eigenvalue weighted by Gasteiger charge is 2.57. The third-order valence-corrected chi connectivity index (χ3v) is 5.90. The molecule has 2 unspecified atom stereocenters. The number of amides is 2. The predicted molar refractivity (Wildman–Crippen MR) is 81.2 cm³/mol. The zero-order chi connectivity index (χ0) is 17.3. The fraction of sp³-hybridized carbons (Fsp3) is 0.500. The van der Waals surface area contributed by atoms with Gasteiger partial charge >= 0.3 is 11.9 Å². The minimum absolute atomic E-state index is 0.166. The molecule has 0 aromatic carbocycles. The molecule has 2 aliphatic rings. The first-order valence-electron chi connectivity index (χ1n) is 6.50. The molecule has 11 heteroatoms. The Labute approximate surface area is 139 Å². The minimum Gasteiger partial charge on any atom is -0.480 e. The first-order chi connectivity index (χ1) is 10.7. The number of nitrogens with one attached hydrogen (secondary N) is 1. The molecule has 0 spiro atoms. The average molecular weight is 362 g/mol. The van der Waals surface area contributed by atoms with Crippen LogP contribution in [0.1, 0.15) is 6.92 Å². The van der Waals surface area contributed by atoms with Crippen LogP contribution >= 0.6 is 23.5 Å². The summed E-state index contributed by atoms with van der Waals surface area (Å²) in [5.74, 6) is -4.32. The van der Waals surface area contributed by atoms with Crippen molar-refractivity contribution in [2.45, 2.75) is 18.4 Å². The molecule has 0 saturated carbocycles. The molecule has 2 aliphatic heterocycles. The minimum atomic E-state index is -1.29. The van der Waals surface area contributed by atoms with Crippen molar-refractivity contribution < 1.29 is 34.5 Å². The number of carbonyl (C=O) groups excluding carboxylic acids is 2. The summed E-state index contributed by atoms with van der Waals surface area (Å²) >= 11 is 2.04. The highest BCUT2D eigenvalue weighted by Crippen LogP contribution is 2.53. The van der Waals surface area contributed by atoms with Crippen LogP contribution in [-0.2, 0) is 19.2 Å². The fourth-order valence-corrected chi connectivity index (χ4v) is 4.96. The summed E-state index contributed by atoms with van der Waals surface area (Å²) in [5, 5.41) is 29.0. The fourth-order valence-electron chi connectivity index (χ4n) is 2.21. The van der Waals surface area contributed by atoms with Gasteiger partial charge in [0.05, 0.1) is 22.0 Å². The summed E-state index contributed by atoms with van der Waals surface area (Å²) in [6.07, 6.45) is -0.894. The SMILES string of the molecule is CC(O)C1C(=O)N2C(C(=O)O)=C(SCC(=O)NCC(=O)O)S[C@H]12. The summed E-state index contributed by atoms with van der Waals surface area (Å²) in [7, 11) is 0. The van der Waals surface area contributed by atoms with Gasteiger partial charge in [0, 0.05) is 0 Å². The Kier molecular flexibility index (Phi) is 5.22. The van der Waals surface area contributed by atoms with Crippen LogP contribution in [0.2, 0.25) is 0 Å². The zero-order valence-corrected chi connectivity index (χ0v) is 13.5. The lowest BCUT2D eigenvalue weighted by Gasteiger charge is -2.43. The summed E-state index contributed by atoms with van der Waals surface area (Å²) in [6.45, 7) is 0.945. The Morgan fingerprint density at radius 1 is 1.39 bits per heavy atom. The van der Waals surface area contributed by atoms with E-state index < -0.39 is 47.7 Å². The third kappa shape index (κ3) is 3.46. The Morgan fingerprint density at radius 2 is 2.04 bits per heavy atom. The van der Waals surface area contributed by atoms with Crippen molar-refractivity contribution in [3.05, 3.63) is 9.93 Å². The molecule has 3 atom stereocenters. The largest absolute Gasteiger partial charge is 0.480 e. The molecule has 0 aromatic heterocycles. The zero-order valence-electron chi connectivity index (χ0n) is 11.9. The summed E-state index contributed by atoms with van der Waals surface area (Å²) in [4.78, 5) is 46.3. The van der Waals surface area contributed by atoms with Crippen LogP contribution in [0, 0.1) is 5.92 Å². The monoisotopic (exact) mass is 362 g/mol. The van der Waals surface area contributed by atoms with E-state index in [0.29, 0.717) is 4.24 Å². The van der Waals surface area contributed by atoms with Gasteiger partial charge in [0.1, 0.15) is 11.9 Å². The molecular formula is C12H14N2O7S2. The van der Waals surface area contributed by atoms with Gasteiger partial charge < -0.3 is 20.6 Å². The van der Waals surface area contributed by atoms with Gasteiger partial charge in [0.2, 0.25) is 11.8 Å². The number of aliphatic hydroxyl groups excluding tert-OH is 1. The Balaban J connectivity index is 2.03. The van der Waals surface area contributed by atoms with Crippen LogP contribution in [0.25, 0.3) is 0 Å². The van der Waals surface area contributed by atoms with Crippen LogP contribution in [0.5, 0.6) is 0 Å². The molecule has 0 radical (unpaired) electrons. The quantitative estimate of drug-likeness (QED) is 0.423. The van der Waals surface area contributed by atoms with Crippen molar-refractivity contribution in [1.29, 1.82) is 0 Å². The van der Waals surface area contributed by atoms with Crippen molar-refractivity contribution in [3.8, 4) is 0 Å². The lowest BCUT2D eigenvalue weighted by atomic mass is 9.92. The molecule has 2 amide bonds. The van der Waals surface area contributed by atoms with Gasteiger partial charge in [-0.05, 0) is 6.92 Å². The summed E-state index contributed by atoms with van der Waals surface area (Å²) in [6, 6.07) is 0. The molecule has 1 fully saturated rings. The van der Waals surface area contributed by atoms with Crippen molar-refractivity contribution in [1.82, 2.24) is 10.2 Å². The highest BCUT2D eigenvalue weighted by atomic mass is 32.2. The number of carboxylic acid groups (broad SMARTS) is 2. The van der Waals surface area contributed by atoms with Crippen molar-refractivity contribution in [2.75, 3.05) is 12.3 Å². The second-order valence-corrected chi connectivity index (χ2v) is 7.25. The lowest BCUT2D eigenvalue weighted by Crippen LogP contribution is -2.60. The number of hydrogen-bond donors (Lipinski definition) is 4. The van der Waals surface area contributed by atoms with Crippen LogP contribution in [0.4, 0.5) is 0 Å².